The van der Waals surface area contributed by atoms with Crippen molar-refractivity contribution in [2.75, 3.05) is 118 Å². The van der Waals surface area contributed by atoms with Crippen LogP contribution < -0.4 is 0 Å². The van der Waals surface area contributed by atoms with Crippen molar-refractivity contribution >= 4 is 47.8 Å². The van der Waals surface area contributed by atoms with Crippen LogP contribution in [0.4, 0.5) is 0 Å². The lowest BCUT2D eigenvalue weighted by molar-refractivity contribution is -0.143. The lowest BCUT2D eigenvalue weighted by atomic mass is 10.3. The van der Waals surface area contributed by atoms with Crippen molar-refractivity contribution in [1.29, 1.82) is 0 Å². The Morgan fingerprint density at radius 2 is 0.408 bits per heavy atom. The first-order chi connectivity index (χ1) is 22.9. The maximum absolute atomic E-state index is 11.6. The molecule has 0 unspecified atom stereocenters. The molecule has 0 fully saturated rings. The molecule has 0 heterocycles. The number of nitrogens with zero attached hydrogens (tertiary/aromatic N) is 6. The number of aliphatic carboxylic acids is 8. The molecule has 0 aliphatic carbocycles. The van der Waals surface area contributed by atoms with Gasteiger partial charge < -0.3 is 40.9 Å². The normalized spacial score (nSPS) is 11.6. The minimum absolute atomic E-state index is 0.00266. The van der Waals surface area contributed by atoms with Gasteiger partial charge in [0.1, 0.15) is 0 Å². The average molecular weight is 711 g/mol. The van der Waals surface area contributed by atoms with Crippen LogP contribution >= 0.6 is 0 Å². The average Bonchev–Trinajstić information content (AvgIpc) is 2.94. The molecule has 0 amide bonds. The molecule has 0 rings (SSSR count). The lowest BCUT2D eigenvalue weighted by Crippen LogP contribution is -2.47. The van der Waals surface area contributed by atoms with E-state index in [-0.39, 0.29) is 78.4 Å². The number of hydrogen-bond acceptors (Lipinski definition) is 14. The summed E-state index contributed by atoms with van der Waals surface area (Å²) in [6.45, 7) is -3.98. The summed E-state index contributed by atoms with van der Waals surface area (Å²) in [7, 11) is 0. The fourth-order valence-corrected chi connectivity index (χ4v) is 4.57. The Bertz CT molecular complexity index is 1110. The van der Waals surface area contributed by atoms with E-state index in [0.717, 1.165) is 4.90 Å². The Balaban J connectivity index is 5.55. The van der Waals surface area contributed by atoms with E-state index in [0.29, 0.717) is 0 Å². The van der Waals surface area contributed by atoms with Crippen molar-refractivity contribution < 1.29 is 79.2 Å². The van der Waals surface area contributed by atoms with Crippen molar-refractivity contribution in [2.24, 2.45) is 0 Å². The van der Waals surface area contributed by atoms with E-state index in [1.807, 2.05) is 0 Å². The molecule has 0 saturated carbocycles. The third-order valence-electron chi connectivity index (χ3n) is 6.82. The van der Waals surface area contributed by atoms with Gasteiger partial charge >= 0.3 is 47.8 Å². The molecule has 0 aromatic carbocycles. The second-order valence-electron chi connectivity index (χ2n) is 11.0. The third kappa shape index (κ3) is 26.2. The molecular formula is C27H46N6O16. The summed E-state index contributed by atoms with van der Waals surface area (Å²) >= 11 is 0. The molecule has 0 saturated heterocycles. The quantitative estimate of drug-likeness (QED) is 0.0328. The van der Waals surface area contributed by atoms with Crippen LogP contribution in [0.3, 0.4) is 0 Å². The summed E-state index contributed by atoms with van der Waals surface area (Å²) < 4.78 is 0. The maximum Gasteiger partial charge on any atom is 0.317 e. The Kier molecular flexibility index (Phi) is 22.4. The first kappa shape index (κ1) is 44.5. The standard InChI is InChI=1S/C27H46N6O16/c34-20(35)1-2-28(13-21(36)37)3-4-29(14-22(38)39)5-6-30(15-23(40)41)7-8-31(16-24(42)43)9-10-32(17-25(44)45)11-12-33(18-26(46)47)19-27(48)49/h1-19H2,(H,34,35)(H,36,37)(H,38,39)(H,40,41)(H,42,43)(H,44,45)(H,46,47)(H,48,49). The van der Waals surface area contributed by atoms with Crippen LogP contribution in [0.2, 0.25) is 0 Å². The van der Waals surface area contributed by atoms with Gasteiger partial charge in [0.05, 0.1) is 52.2 Å². The second-order valence-corrected chi connectivity index (χ2v) is 11.0. The number of rotatable bonds is 32. The van der Waals surface area contributed by atoms with Crippen LogP contribution in [0.1, 0.15) is 6.42 Å². The Morgan fingerprint density at radius 3 is 0.592 bits per heavy atom. The summed E-state index contributed by atoms with van der Waals surface area (Å²) in [4.78, 5) is 98.3. The highest BCUT2D eigenvalue weighted by atomic mass is 16.4. The van der Waals surface area contributed by atoms with Crippen LogP contribution in [-0.2, 0) is 38.4 Å². The molecule has 8 N–H and O–H groups in total. The van der Waals surface area contributed by atoms with Crippen LogP contribution in [0, 0.1) is 0 Å². The zero-order valence-corrected chi connectivity index (χ0v) is 27.0. The van der Waals surface area contributed by atoms with Gasteiger partial charge in [0.15, 0.2) is 0 Å². The molecule has 0 bridgehead atoms. The van der Waals surface area contributed by atoms with Gasteiger partial charge in [-0.15, -0.1) is 0 Å². The molecular weight excluding hydrogens is 664 g/mol. The van der Waals surface area contributed by atoms with Gasteiger partial charge in [0.2, 0.25) is 0 Å². The minimum Gasteiger partial charge on any atom is -0.481 e. The summed E-state index contributed by atoms with van der Waals surface area (Å²) in [6, 6.07) is 0. The lowest BCUT2D eigenvalue weighted by Gasteiger charge is -2.30. The minimum atomic E-state index is -1.29. The molecule has 0 aliphatic heterocycles. The molecule has 49 heavy (non-hydrogen) atoms. The fourth-order valence-electron chi connectivity index (χ4n) is 4.57. The van der Waals surface area contributed by atoms with E-state index in [2.05, 4.69) is 0 Å². The predicted octanol–water partition coefficient (Wildman–Crippen LogP) is -4.13. The van der Waals surface area contributed by atoms with E-state index in [1.165, 1.54) is 24.5 Å². The fraction of sp³-hybridized carbons (Fsp3) is 0.704. The highest BCUT2D eigenvalue weighted by Crippen LogP contribution is 2.01. The zero-order valence-electron chi connectivity index (χ0n) is 27.0. The predicted molar refractivity (Wildman–Crippen MR) is 164 cm³/mol. The third-order valence-corrected chi connectivity index (χ3v) is 6.82. The Hall–Kier alpha value is -4.48. The first-order valence-corrected chi connectivity index (χ1v) is 14.9. The van der Waals surface area contributed by atoms with Crippen LogP contribution in [0.5, 0.6) is 0 Å². The molecule has 280 valence electrons. The molecule has 0 aromatic heterocycles. The highest BCUT2D eigenvalue weighted by molar-refractivity contribution is 5.73. The van der Waals surface area contributed by atoms with Crippen LogP contribution in [0.15, 0.2) is 0 Å². The van der Waals surface area contributed by atoms with Gasteiger partial charge in [-0.3, -0.25) is 67.8 Å². The highest BCUT2D eigenvalue weighted by Gasteiger charge is 2.21. The van der Waals surface area contributed by atoms with E-state index >= 15 is 0 Å². The van der Waals surface area contributed by atoms with Gasteiger partial charge in [-0.25, -0.2) is 0 Å². The van der Waals surface area contributed by atoms with E-state index in [4.69, 9.17) is 20.4 Å². The van der Waals surface area contributed by atoms with Crippen LogP contribution in [0.25, 0.3) is 0 Å². The van der Waals surface area contributed by atoms with Crippen molar-refractivity contribution in [1.82, 2.24) is 29.4 Å². The van der Waals surface area contributed by atoms with Crippen LogP contribution in [-0.4, -0.2) is 236 Å². The summed E-state index contributed by atoms with van der Waals surface area (Å²) in [6.07, 6.45) is -0.340. The largest absolute Gasteiger partial charge is 0.481 e. The smallest absolute Gasteiger partial charge is 0.317 e. The number of carbonyl (C=O) groups is 8. The van der Waals surface area contributed by atoms with Crippen molar-refractivity contribution in [3.63, 3.8) is 0 Å². The van der Waals surface area contributed by atoms with E-state index in [9.17, 15) is 58.8 Å². The molecule has 0 aromatic rings. The number of hydrogen-bond donors (Lipinski definition) is 8. The number of carboxylic acid groups (broad SMARTS) is 8. The summed E-state index contributed by atoms with van der Waals surface area (Å²) in [5, 5.41) is 73.6. The zero-order chi connectivity index (χ0) is 37.5. The molecule has 0 aliphatic rings. The number of carboxylic acids is 8. The topological polar surface area (TPSA) is 318 Å². The van der Waals surface area contributed by atoms with Crippen molar-refractivity contribution in [3.8, 4) is 0 Å². The Labute approximate surface area is 280 Å². The van der Waals surface area contributed by atoms with Gasteiger partial charge in [0, 0.05) is 72.0 Å². The molecule has 22 nitrogen and oxygen atoms in total. The van der Waals surface area contributed by atoms with Gasteiger partial charge in [-0.1, -0.05) is 0 Å². The molecule has 0 radical (unpaired) electrons. The van der Waals surface area contributed by atoms with Crippen molar-refractivity contribution in [2.45, 2.75) is 6.42 Å². The summed E-state index contributed by atoms with van der Waals surface area (Å²) in [5.41, 5.74) is 0. The second kappa shape index (κ2) is 24.6. The van der Waals surface area contributed by atoms with Gasteiger partial charge in [-0.05, 0) is 0 Å². The first-order valence-electron chi connectivity index (χ1n) is 14.9. The summed E-state index contributed by atoms with van der Waals surface area (Å²) in [5.74, 6) is -9.84. The molecule has 0 atom stereocenters. The molecule has 22 heteroatoms. The Morgan fingerprint density at radius 1 is 0.245 bits per heavy atom. The van der Waals surface area contributed by atoms with E-state index < -0.39 is 93.6 Å². The SMILES string of the molecule is O=C(O)CCN(CCN(CCN(CCN(CCN(CCN(CC(=O)O)CC(=O)O)CC(=O)O)CC(=O)O)CC(=O)O)CC(=O)O)CC(=O)O. The van der Waals surface area contributed by atoms with Gasteiger partial charge in [-0.2, -0.15) is 0 Å². The maximum atomic E-state index is 11.6. The van der Waals surface area contributed by atoms with E-state index in [1.54, 1.807) is 0 Å². The van der Waals surface area contributed by atoms with Gasteiger partial charge in [0.25, 0.3) is 0 Å². The molecule has 0 spiro atoms. The monoisotopic (exact) mass is 710 g/mol. The van der Waals surface area contributed by atoms with Crippen molar-refractivity contribution in [3.05, 3.63) is 0 Å².